The van der Waals surface area contributed by atoms with Crippen LogP contribution in [0.3, 0.4) is 0 Å². The van der Waals surface area contributed by atoms with E-state index >= 15 is 0 Å². The number of thiophene rings is 1. The van der Waals surface area contributed by atoms with E-state index in [1.807, 2.05) is 6.07 Å². The largest absolute Gasteiger partial charge is 0.362 e. The van der Waals surface area contributed by atoms with Gasteiger partial charge in [-0.2, -0.15) is 0 Å². The minimum atomic E-state index is 0.0703. The third-order valence-corrected chi connectivity index (χ3v) is 4.94. The molecule has 0 bridgehead atoms. The molecule has 0 radical (unpaired) electrons. The highest BCUT2D eigenvalue weighted by Gasteiger charge is 2.30. The van der Waals surface area contributed by atoms with Gasteiger partial charge in [0, 0.05) is 23.2 Å². The van der Waals surface area contributed by atoms with Crippen LogP contribution in [0, 0.1) is 0 Å². The predicted molar refractivity (Wildman–Crippen MR) is 83.2 cm³/mol. The Morgan fingerprint density at radius 2 is 2.05 bits per heavy atom. The van der Waals surface area contributed by atoms with E-state index in [2.05, 4.69) is 42.2 Å². The molecule has 1 aliphatic rings. The number of halogens is 1. The normalized spacial score (nSPS) is 17.3. The maximum absolute atomic E-state index is 6.24. The van der Waals surface area contributed by atoms with Gasteiger partial charge in [-0.1, -0.05) is 29.8 Å². The Bertz CT molecular complexity index is 579. The quantitative estimate of drug-likeness (QED) is 0.931. The van der Waals surface area contributed by atoms with Crippen LogP contribution < -0.4 is 10.6 Å². The van der Waals surface area contributed by atoms with Crippen LogP contribution in [0.15, 0.2) is 36.4 Å². The molecule has 2 N–H and O–H groups in total. The third kappa shape index (κ3) is 2.38. The third-order valence-electron chi connectivity index (χ3n) is 3.64. The van der Waals surface area contributed by atoms with Crippen LogP contribution in [-0.2, 0) is 6.42 Å². The number of benzene rings is 1. The second-order valence-corrected chi connectivity index (χ2v) is 6.76. The highest BCUT2D eigenvalue weighted by molar-refractivity contribution is 7.16. The number of rotatable bonds is 3. The van der Waals surface area contributed by atoms with Gasteiger partial charge in [0.25, 0.3) is 0 Å². The van der Waals surface area contributed by atoms with Crippen LogP contribution in [0.4, 0.5) is 5.69 Å². The molecule has 0 fully saturated rings. The van der Waals surface area contributed by atoms with Gasteiger partial charge >= 0.3 is 0 Å². The van der Waals surface area contributed by atoms with Gasteiger partial charge in [-0.3, -0.25) is 0 Å². The maximum Gasteiger partial charge on any atom is 0.0932 e. The van der Waals surface area contributed by atoms with Crippen molar-refractivity contribution in [2.75, 3.05) is 11.4 Å². The summed E-state index contributed by atoms with van der Waals surface area (Å²) in [5, 5.41) is 0. The SMILES string of the molecule is CC(N)C(c1ccc(Cl)s1)N1CCc2ccccc21. The van der Waals surface area contributed by atoms with E-state index in [1.165, 1.54) is 16.1 Å². The van der Waals surface area contributed by atoms with E-state index in [0.29, 0.717) is 0 Å². The molecule has 4 heteroatoms. The molecule has 2 unspecified atom stereocenters. The van der Waals surface area contributed by atoms with Crippen molar-refractivity contribution in [3.8, 4) is 0 Å². The van der Waals surface area contributed by atoms with Crippen molar-refractivity contribution in [3.63, 3.8) is 0 Å². The standard InChI is InChI=1S/C15H17ClN2S/c1-10(17)15(13-6-7-14(16)19-13)18-9-8-11-4-2-3-5-12(11)18/h2-7,10,15H,8-9,17H2,1H3. The Morgan fingerprint density at radius 1 is 1.26 bits per heavy atom. The van der Waals surface area contributed by atoms with E-state index in [0.717, 1.165) is 17.3 Å². The molecule has 2 aromatic rings. The highest BCUT2D eigenvalue weighted by atomic mass is 35.5. The number of fused-ring (bicyclic) bond motifs is 1. The molecule has 0 amide bonds. The molecule has 2 nitrogen and oxygen atoms in total. The summed E-state index contributed by atoms with van der Waals surface area (Å²) in [5.41, 5.74) is 8.96. The fourth-order valence-corrected chi connectivity index (χ4v) is 4.13. The predicted octanol–water partition coefficient (Wildman–Crippen LogP) is 3.85. The average Bonchev–Trinajstić information content (AvgIpc) is 2.98. The van der Waals surface area contributed by atoms with Crippen LogP contribution in [0.25, 0.3) is 0 Å². The van der Waals surface area contributed by atoms with Crippen molar-refractivity contribution in [2.45, 2.75) is 25.4 Å². The molecule has 1 aliphatic heterocycles. The van der Waals surface area contributed by atoms with Gasteiger partial charge in [0.15, 0.2) is 0 Å². The molecule has 19 heavy (non-hydrogen) atoms. The van der Waals surface area contributed by atoms with Crippen molar-refractivity contribution < 1.29 is 0 Å². The van der Waals surface area contributed by atoms with Gasteiger partial charge in [0.05, 0.1) is 10.4 Å². The lowest BCUT2D eigenvalue weighted by Crippen LogP contribution is -2.38. The van der Waals surface area contributed by atoms with Crippen LogP contribution in [0.5, 0.6) is 0 Å². The molecular weight excluding hydrogens is 276 g/mol. The van der Waals surface area contributed by atoms with E-state index < -0.39 is 0 Å². The summed E-state index contributed by atoms with van der Waals surface area (Å²) in [7, 11) is 0. The van der Waals surface area contributed by atoms with Crippen molar-refractivity contribution >= 4 is 28.6 Å². The molecule has 1 aromatic carbocycles. The average molecular weight is 293 g/mol. The molecule has 0 aliphatic carbocycles. The maximum atomic E-state index is 6.24. The van der Waals surface area contributed by atoms with Gasteiger partial charge in [-0.25, -0.2) is 0 Å². The first-order chi connectivity index (χ1) is 9.16. The van der Waals surface area contributed by atoms with E-state index in [-0.39, 0.29) is 12.1 Å². The highest BCUT2D eigenvalue weighted by Crippen LogP contribution is 2.39. The van der Waals surface area contributed by atoms with E-state index in [4.69, 9.17) is 17.3 Å². The number of nitrogens with two attached hydrogens (primary N) is 1. The minimum Gasteiger partial charge on any atom is -0.362 e. The van der Waals surface area contributed by atoms with Gasteiger partial charge in [0.1, 0.15) is 0 Å². The van der Waals surface area contributed by atoms with Gasteiger partial charge in [0.2, 0.25) is 0 Å². The molecule has 0 saturated carbocycles. The summed E-state index contributed by atoms with van der Waals surface area (Å²) < 4.78 is 0.827. The fourth-order valence-electron chi connectivity index (χ4n) is 2.84. The lowest BCUT2D eigenvalue weighted by Gasteiger charge is -2.32. The Kier molecular flexibility index (Phi) is 3.52. The van der Waals surface area contributed by atoms with Gasteiger partial charge in [-0.15, -0.1) is 11.3 Å². The van der Waals surface area contributed by atoms with Crippen LogP contribution in [0.1, 0.15) is 23.4 Å². The topological polar surface area (TPSA) is 29.3 Å². The van der Waals surface area contributed by atoms with Crippen molar-refractivity contribution in [3.05, 3.63) is 51.2 Å². The lowest BCUT2D eigenvalue weighted by atomic mass is 10.1. The number of hydrogen-bond acceptors (Lipinski definition) is 3. The molecule has 0 spiro atoms. The molecule has 3 rings (SSSR count). The zero-order valence-electron chi connectivity index (χ0n) is 10.8. The van der Waals surface area contributed by atoms with Gasteiger partial charge < -0.3 is 10.6 Å². The summed E-state index contributed by atoms with van der Waals surface area (Å²) >= 11 is 7.70. The Hall–Kier alpha value is -1.03. The summed E-state index contributed by atoms with van der Waals surface area (Å²) in [5.74, 6) is 0. The minimum absolute atomic E-state index is 0.0703. The molecule has 100 valence electrons. The van der Waals surface area contributed by atoms with Crippen molar-refractivity contribution in [2.24, 2.45) is 5.73 Å². The molecule has 2 atom stereocenters. The second-order valence-electron chi connectivity index (χ2n) is 5.02. The summed E-state index contributed by atoms with van der Waals surface area (Å²) in [6.07, 6.45) is 1.10. The molecule has 0 saturated heterocycles. The first-order valence-corrected chi connectivity index (χ1v) is 7.71. The lowest BCUT2D eigenvalue weighted by molar-refractivity contribution is 0.549. The first kappa shape index (κ1) is 13.0. The summed E-state index contributed by atoms with van der Waals surface area (Å²) in [6.45, 7) is 3.10. The van der Waals surface area contributed by atoms with Crippen molar-refractivity contribution in [1.29, 1.82) is 0 Å². The Labute approximate surface area is 122 Å². The summed E-state index contributed by atoms with van der Waals surface area (Å²) in [6, 6.07) is 12.9. The van der Waals surface area contributed by atoms with Crippen LogP contribution in [-0.4, -0.2) is 12.6 Å². The van der Waals surface area contributed by atoms with Crippen LogP contribution >= 0.6 is 22.9 Å². The zero-order valence-corrected chi connectivity index (χ0v) is 12.4. The number of anilines is 1. The monoisotopic (exact) mass is 292 g/mol. The number of hydrogen-bond donors (Lipinski definition) is 1. The van der Waals surface area contributed by atoms with E-state index in [9.17, 15) is 0 Å². The second kappa shape index (κ2) is 5.16. The smallest absolute Gasteiger partial charge is 0.0932 e. The van der Waals surface area contributed by atoms with Crippen LogP contribution in [0.2, 0.25) is 4.34 Å². The Morgan fingerprint density at radius 3 is 2.74 bits per heavy atom. The molecule has 1 aromatic heterocycles. The summed E-state index contributed by atoms with van der Waals surface area (Å²) in [4.78, 5) is 3.67. The molecular formula is C15H17ClN2S. The van der Waals surface area contributed by atoms with Gasteiger partial charge in [-0.05, 0) is 37.1 Å². The van der Waals surface area contributed by atoms with E-state index in [1.54, 1.807) is 11.3 Å². The Balaban J connectivity index is 1.99. The zero-order chi connectivity index (χ0) is 13.4. The van der Waals surface area contributed by atoms with Crippen molar-refractivity contribution in [1.82, 2.24) is 0 Å². The fraction of sp³-hybridized carbons (Fsp3) is 0.333. The number of nitrogens with zero attached hydrogens (tertiary/aromatic N) is 1. The first-order valence-electron chi connectivity index (χ1n) is 6.52. The number of para-hydroxylation sites is 1. The molecule has 2 heterocycles.